The largest absolute Gasteiger partial charge is 0.484 e. The molecule has 2 aromatic rings. The van der Waals surface area contributed by atoms with Crippen LogP contribution in [0.25, 0.3) is 6.08 Å². The molecule has 0 radical (unpaired) electrons. The van der Waals surface area contributed by atoms with E-state index in [4.69, 9.17) is 16.3 Å². The maximum atomic E-state index is 11.9. The van der Waals surface area contributed by atoms with E-state index >= 15 is 0 Å². The Balaban J connectivity index is 1.55. The van der Waals surface area contributed by atoms with E-state index in [9.17, 15) is 14.4 Å². The number of halogens is 1. The predicted octanol–water partition coefficient (Wildman–Crippen LogP) is 3.68. The topological polar surface area (TPSA) is 84.5 Å². The number of hydrogen-bond acceptors (Lipinski definition) is 5. The van der Waals surface area contributed by atoms with Crippen molar-refractivity contribution in [1.82, 2.24) is 5.32 Å². The lowest BCUT2D eigenvalue weighted by Gasteiger charge is -2.09. The Bertz CT molecular complexity index is 896. The van der Waals surface area contributed by atoms with Gasteiger partial charge in [0.25, 0.3) is 17.1 Å². The molecule has 132 valence electrons. The van der Waals surface area contributed by atoms with Crippen LogP contribution in [0, 0.1) is 0 Å². The zero-order chi connectivity index (χ0) is 18.5. The van der Waals surface area contributed by atoms with E-state index in [1.807, 2.05) is 0 Å². The highest BCUT2D eigenvalue weighted by Gasteiger charge is 2.24. The number of amides is 3. The molecular weight excluding hydrogens is 376 g/mol. The summed E-state index contributed by atoms with van der Waals surface area (Å²) in [6.07, 6.45) is 1.61. The van der Waals surface area contributed by atoms with Gasteiger partial charge < -0.3 is 10.1 Å². The van der Waals surface area contributed by atoms with Crippen LogP contribution in [-0.4, -0.2) is 23.7 Å². The maximum absolute atomic E-state index is 11.9. The van der Waals surface area contributed by atoms with Crippen LogP contribution in [0.3, 0.4) is 0 Å². The molecule has 1 aliphatic rings. The number of ether oxygens (including phenoxy) is 1. The summed E-state index contributed by atoms with van der Waals surface area (Å²) in [5, 5.41) is 4.92. The van der Waals surface area contributed by atoms with E-state index in [1.54, 1.807) is 54.6 Å². The van der Waals surface area contributed by atoms with Crippen molar-refractivity contribution in [3.8, 4) is 5.75 Å². The molecule has 3 amide bonds. The smallest absolute Gasteiger partial charge is 0.290 e. The van der Waals surface area contributed by atoms with E-state index in [0.717, 1.165) is 17.3 Å². The third kappa shape index (κ3) is 4.65. The van der Waals surface area contributed by atoms with Gasteiger partial charge in [0.2, 0.25) is 0 Å². The first kappa shape index (κ1) is 18.0. The van der Waals surface area contributed by atoms with Gasteiger partial charge in [0.05, 0.1) is 15.6 Å². The van der Waals surface area contributed by atoms with Gasteiger partial charge in [0.15, 0.2) is 6.61 Å². The summed E-state index contributed by atoms with van der Waals surface area (Å²) in [5.74, 6) is -0.237. The van der Waals surface area contributed by atoms with E-state index in [-0.39, 0.29) is 17.8 Å². The summed E-state index contributed by atoms with van der Waals surface area (Å²) in [4.78, 5) is 34.9. The first-order valence-corrected chi connectivity index (χ1v) is 8.73. The van der Waals surface area contributed by atoms with Gasteiger partial charge in [-0.3, -0.25) is 19.7 Å². The number of anilines is 1. The molecule has 8 heteroatoms. The summed E-state index contributed by atoms with van der Waals surface area (Å²) in [7, 11) is 0. The molecule has 2 aromatic carbocycles. The summed E-state index contributed by atoms with van der Waals surface area (Å²) in [6.45, 7) is -0.168. The highest BCUT2D eigenvalue weighted by Crippen LogP contribution is 2.26. The van der Waals surface area contributed by atoms with E-state index in [2.05, 4.69) is 10.6 Å². The van der Waals surface area contributed by atoms with Gasteiger partial charge in [0.1, 0.15) is 5.75 Å². The number of para-hydroxylation sites is 1. The molecule has 0 spiro atoms. The third-order valence-electron chi connectivity index (χ3n) is 3.34. The molecule has 1 heterocycles. The Kier molecular flexibility index (Phi) is 5.60. The van der Waals surface area contributed by atoms with Crippen molar-refractivity contribution >= 4 is 52.2 Å². The number of carbonyl (C=O) groups is 3. The molecular formula is C18H13ClN2O4S. The van der Waals surface area contributed by atoms with Gasteiger partial charge in [-0.1, -0.05) is 35.9 Å². The summed E-state index contributed by atoms with van der Waals surface area (Å²) < 4.78 is 5.43. The molecule has 3 rings (SSSR count). The Morgan fingerprint density at radius 1 is 1.15 bits per heavy atom. The van der Waals surface area contributed by atoms with Crippen molar-refractivity contribution in [2.45, 2.75) is 0 Å². The number of rotatable bonds is 5. The van der Waals surface area contributed by atoms with Crippen LogP contribution in [-0.2, 0) is 9.59 Å². The zero-order valence-corrected chi connectivity index (χ0v) is 14.9. The van der Waals surface area contributed by atoms with Gasteiger partial charge in [-0.25, -0.2) is 0 Å². The van der Waals surface area contributed by atoms with Gasteiger partial charge in [-0.05, 0) is 47.7 Å². The van der Waals surface area contributed by atoms with Crippen LogP contribution >= 0.6 is 23.4 Å². The standard InChI is InChI=1S/C18H13ClN2O4S/c19-13-3-1-2-4-14(13)20-16(22)10-25-12-7-5-11(6-8-12)9-15-17(23)21-18(24)26-15/h1-9H,10H2,(H,20,22)(H,21,23,24)/b15-9-. The molecule has 2 N–H and O–H groups in total. The molecule has 0 unspecified atom stereocenters. The Morgan fingerprint density at radius 2 is 1.88 bits per heavy atom. The Hall–Kier alpha value is -2.77. The predicted molar refractivity (Wildman–Crippen MR) is 101 cm³/mol. The average molecular weight is 389 g/mol. The molecule has 1 saturated heterocycles. The second-order valence-corrected chi connectivity index (χ2v) is 6.66. The van der Waals surface area contributed by atoms with Gasteiger partial charge >= 0.3 is 0 Å². The first-order valence-electron chi connectivity index (χ1n) is 7.53. The lowest BCUT2D eigenvalue weighted by Crippen LogP contribution is -2.20. The average Bonchev–Trinajstić information content (AvgIpc) is 2.93. The fourth-order valence-corrected chi connectivity index (χ4v) is 3.00. The van der Waals surface area contributed by atoms with E-state index in [1.165, 1.54) is 0 Å². The van der Waals surface area contributed by atoms with Crippen molar-refractivity contribution in [2.75, 3.05) is 11.9 Å². The number of nitrogens with one attached hydrogen (secondary N) is 2. The van der Waals surface area contributed by atoms with Crippen LogP contribution < -0.4 is 15.4 Å². The number of thioether (sulfide) groups is 1. The number of imide groups is 1. The molecule has 0 atom stereocenters. The fraction of sp³-hybridized carbons (Fsp3) is 0.0556. The normalized spacial score (nSPS) is 15.0. The SMILES string of the molecule is O=C(COc1ccc(/C=C2\SC(=O)NC2=O)cc1)Nc1ccccc1Cl. The van der Waals surface area contributed by atoms with Crippen LogP contribution in [0.15, 0.2) is 53.4 Å². The first-order chi connectivity index (χ1) is 12.5. The molecule has 6 nitrogen and oxygen atoms in total. The Morgan fingerprint density at radius 3 is 2.54 bits per heavy atom. The van der Waals surface area contributed by atoms with Crippen molar-refractivity contribution in [1.29, 1.82) is 0 Å². The van der Waals surface area contributed by atoms with Crippen LogP contribution in [0.1, 0.15) is 5.56 Å². The summed E-state index contributed by atoms with van der Waals surface area (Å²) >= 11 is 6.84. The number of hydrogen-bond donors (Lipinski definition) is 2. The summed E-state index contributed by atoms with van der Waals surface area (Å²) in [5.41, 5.74) is 1.26. The van der Waals surface area contributed by atoms with Crippen molar-refractivity contribution < 1.29 is 19.1 Å². The molecule has 0 saturated carbocycles. The lowest BCUT2D eigenvalue weighted by molar-refractivity contribution is -0.118. The molecule has 0 aliphatic carbocycles. The monoisotopic (exact) mass is 388 g/mol. The van der Waals surface area contributed by atoms with Crippen LogP contribution in [0.2, 0.25) is 5.02 Å². The third-order valence-corrected chi connectivity index (χ3v) is 4.48. The Labute approximate surface area is 158 Å². The summed E-state index contributed by atoms with van der Waals surface area (Å²) in [6, 6.07) is 13.7. The molecule has 1 fully saturated rings. The molecule has 0 bridgehead atoms. The van der Waals surface area contributed by atoms with Crippen molar-refractivity contribution in [2.24, 2.45) is 0 Å². The number of benzene rings is 2. The maximum Gasteiger partial charge on any atom is 0.290 e. The minimum Gasteiger partial charge on any atom is -0.484 e. The minimum absolute atomic E-state index is 0.168. The highest BCUT2D eigenvalue weighted by atomic mass is 35.5. The molecule has 0 aromatic heterocycles. The number of carbonyl (C=O) groups excluding carboxylic acids is 3. The van der Waals surface area contributed by atoms with Crippen molar-refractivity contribution in [3.05, 3.63) is 64.0 Å². The van der Waals surface area contributed by atoms with E-state index in [0.29, 0.717) is 21.4 Å². The molecule has 1 aliphatic heterocycles. The zero-order valence-electron chi connectivity index (χ0n) is 13.3. The van der Waals surface area contributed by atoms with Gasteiger partial charge in [-0.2, -0.15) is 0 Å². The second kappa shape index (κ2) is 8.07. The quantitative estimate of drug-likeness (QED) is 0.763. The van der Waals surface area contributed by atoms with Gasteiger partial charge in [0, 0.05) is 0 Å². The van der Waals surface area contributed by atoms with Crippen LogP contribution in [0.4, 0.5) is 10.5 Å². The highest BCUT2D eigenvalue weighted by molar-refractivity contribution is 8.18. The van der Waals surface area contributed by atoms with Gasteiger partial charge in [-0.15, -0.1) is 0 Å². The van der Waals surface area contributed by atoms with Crippen LogP contribution in [0.5, 0.6) is 5.75 Å². The van der Waals surface area contributed by atoms with E-state index < -0.39 is 5.91 Å². The second-order valence-electron chi connectivity index (χ2n) is 5.24. The molecule has 26 heavy (non-hydrogen) atoms. The fourth-order valence-electron chi connectivity index (χ4n) is 2.13. The lowest BCUT2D eigenvalue weighted by atomic mass is 10.2. The minimum atomic E-state index is -0.406. The van der Waals surface area contributed by atoms with Crippen molar-refractivity contribution in [3.63, 3.8) is 0 Å².